The molecule has 4 aromatic carbocycles. The summed E-state index contributed by atoms with van der Waals surface area (Å²) in [4.78, 5) is 8.00. The zero-order valence-electron chi connectivity index (χ0n) is 20.4. The smallest absolute Gasteiger partial charge is 0.106 e. The van der Waals surface area contributed by atoms with Crippen molar-refractivity contribution in [3.8, 4) is 22.3 Å². The van der Waals surface area contributed by atoms with Crippen LogP contribution in [0, 0.1) is 27.7 Å². The van der Waals surface area contributed by atoms with Gasteiger partial charge in [0.25, 0.3) is 0 Å². The lowest BCUT2D eigenvalue weighted by molar-refractivity contribution is -0.0979. The number of benzene rings is 4. The van der Waals surface area contributed by atoms with Gasteiger partial charge in [0.05, 0.1) is 0 Å². The second kappa shape index (κ2) is 11.6. The van der Waals surface area contributed by atoms with Crippen LogP contribution in [-0.2, 0) is 4.79 Å². The molecule has 4 aromatic rings. The highest BCUT2D eigenvalue weighted by atomic mass is 16.1. The molecule has 0 radical (unpaired) electrons. The number of rotatable bonds is 2. The van der Waals surface area contributed by atoms with Crippen molar-refractivity contribution >= 4 is 29.5 Å². The minimum absolute atomic E-state index is 0.787. The Labute approximate surface area is 202 Å². The average Bonchev–Trinajstić information content (AvgIpc) is 2.73. The average molecular weight is 455 g/mol. The normalized spacial score (nSPS) is 9.88. The highest BCUT2D eigenvalue weighted by molar-refractivity contribution is 5.73. The first-order valence-electron chi connectivity index (χ1n) is 10.9. The number of nitrogen functional groups attached to an aromatic ring is 4. The molecule has 5 nitrogen and oxygen atoms in total. The number of carbonyl (C=O) groups is 1. The summed E-state index contributed by atoms with van der Waals surface area (Å²) in [5.74, 6) is 0. The molecule has 0 aliphatic carbocycles. The van der Waals surface area contributed by atoms with E-state index in [9.17, 15) is 0 Å². The maximum absolute atomic E-state index is 8.00. The van der Waals surface area contributed by atoms with E-state index in [2.05, 4.69) is 24.3 Å². The monoisotopic (exact) mass is 454 g/mol. The molecule has 176 valence electrons. The van der Waals surface area contributed by atoms with Crippen molar-refractivity contribution in [2.75, 3.05) is 22.9 Å². The first-order chi connectivity index (χ1) is 16.1. The fourth-order valence-electron chi connectivity index (χ4n) is 3.92. The Balaban J connectivity index is 0.000000224. The summed E-state index contributed by atoms with van der Waals surface area (Å²) in [7, 11) is 0. The topological polar surface area (TPSA) is 121 Å². The van der Waals surface area contributed by atoms with E-state index in [1.807, 2.05) is 83.0 Å². The van der Waals surface area contributed by atoms with Crippen LogP contribution in [0.15, 0.2) is 72.8 Å². The van der Waals surface area contributed by atoms with Crippen molar-refractivity contribution in [1.29, 1.82) is 0 Å². The second-order valence-corrected chi connectivity index (χ2v) is 8.53. The zero-order chi connectivity index (χ0) is 25.4. The molecular weight excluding hydrogens is 420 g/mol. The van der Waals surface area contributed by atoms with Crippen molar-refractivity contribution in [2.45, 2.75) is 27.7 Å². The Morgan fingerprint density at radius 3 is 0.706 bits per heavy atom. The van der Waals surface area contributed by atoms with E-state index in [-0.39, 0.29) is 0 Å². The SMILES string of the molecule is C=O.Cc1cc(N)cc(-c2cc(C)cc(N)c2)c1.Cc1cc(N)cc(-c2cc(C)cc(N)c2)c1. The Kier molecular flexibility index (Phi) is 8.85. The van der Waals surface area contributed by atoms with Crippen molar-refractivity contribution < 1.29 is 4.79 Å². The lowest BCUT2D eigenvalue weighted by atomic mass is 10.0. The Hall–Kier alpha value is -4.25. The largest absolute Gasteiger partial charge is 0.399 e. The molecule has 0 saturated carbocycles. The van der Waals surface area contributed by atoms with Crippen LogP contribution in [0.25, 0.3) is 22.3 Å². The van der Waals surface area contributed by atoms with Gasteiger partial charge in [-0.25, -0.2) is 0 Å². The van der Waals surface area contributed by atoms with Crippen LogP contribution in [0.1, 0.15) is 22.3 Å². The predicted octanol–water partition coefficient (Wildman–Crippen LogP) is 6.08. The van der Waals surface area contributed by atoms with Crippen LogP contribution in [0.5, 0.6) is 0 Å². The van der Waals surface area contributed by atoms with Gasteiger partial charge in [0.2, 0.25) is 0 Å². The van der Waals surface area contributed by atoms with Crippen LogP contribution in [-0.4, -0.2) is 6.79 Å². The molecule has 34 heavy (non-hydrogen) atoms. The Bertz CT molecular complexity index is 1000. The van der Waals surface area contributed by atoms with Gasteiger partial charge in [-0.15, -0.1) is 0 Å². The first kappa shape index (κ1) is 26.0. The summed E-state index contributed by atoms with van der Waals surface area (Å²) in [5.41, 5.74) is 35.6. The summed E-state index contributed by atoms with van der Waals surface area (Å²) < 4.78 is 0. The molecule has 0 amide bonds. The molecule has 0 spiro atoms. The van der Waals surface area contributed by atoms with E-state index < -0.39 is 0 Å². The van der Waals surface area contributed by atoms with Gasteiger partial charge in [-0.1, -0.05) is 24.3 Å². The van der Waals surface area contributed by atoms with Crippen molar-refractivity contribution in [3.63, 3.8) is 0 Å². The molecule has 0 aliphatic heterocycles. The van der Waals surface area contributed by atoms with Crippen LogP contribution in [0.4, 0.5) is 22.7 Å². The lowest BCUT2D eigenvalue weighted by Gasteiger charge is -2.07. The fourth-order valence-corrected chi connectivity index (χ4v) is 3.92. The zero-order valence-corrected chi connectivity index (χ0v) is 20.4. The van der Waals surface area contributed by atoms with Gasteiger partial charge in [-0.3, -0.25) is 0 Å². The van der Waals surface area contributed by atoms with Gasteiger partial charge in [0.15, 0.2) is 0 Å². The van der Waals surface area contributed by atoms with Crippen LogP contribution < -0.4 is 22.9 Å². The molecule has 8 N–H and O–H groups in total. The minimum Gasteiger partial charge on any atom is -0.399 e. The number of hydrogen-bond donors (Lipinski definition) is 4. The third kappa shape index (κ3) is 7.41. The summed E-state index contributed by atoms with van der Waals surface area (Å²) in [6, 6.07) is 24.2. The number of aryl methyl sites for hydroxylation is 4. The van der Waals surface area contributed by atoms with E-state index in [4.69, 9.17) is 27.7 Å². The minimum atomic E-state index is 0.787. The Morgan fingerprint density at radius 1 is 0.382 bits per heavy atom. The molecule has 0 fully saturated rings. The summed E-state index contributed by atoms with van der Waals surface area (Å²) in [6.45, 7) is 10.2. The summed E-state index contributed by atoms with van der Waals surface area (Å²) in [5, 5.41) is 0. The second-order valence-electron chi connectivity index (χ2n) is 8.53. The van der Waals surface area contributed by atoms with Gasteiger partial charge in [0.1, 0.15) is 6.79 Å². The number of nitrogens with two attached hydrogens (primary N) is 4. The van der Waals surface area contributed by atoms with Gasteiger partial charge in [-0.05, 0) is 121 Å². The van der Waals surface area contributed by atoms with E-state index >= 15 is 0 Å². The first-order valence-corrected chi connectivity index (χ1v) is 10.9. The van der Waals surface area contributed by atoms with Crippen LogP contribution in [0.3, 0.4) is 0 Å². The van der Waals surface area contributed by atoms with E-state index in [0.29, 0.717) is 0 Å². The molecule has 0 heterocycles. The fraction of sp³-hybridized carbons (Fsp3) is 0.138. The van der Waals surface area contributed by atoms with E-state index in [1.165, 1.54) is 0 Å². The molecule has 0 bridgehead atoms. The van der Waals surface area contributed by atoms with Crippen LogP contribution >= 0.6 is 0 Å². The molecule has 0 saturated heterocycles. The van der Waals surface area contributed by atoms with Gasteiger partial charge in [-0.2, -0.15) is 0 Å². The molecule has 0 atom stereocenters. The maximum Gasteiger partial charge on any atom is 0.106 e. The highest BCUT2D eigenvalue weighted by Gasteiger charge is 2.03. The molecule has 0 aromatic heterocycles. The maximum atomic E-state index is 8.00. The Morgan fingerprint density at radius 2 is 0.559 bits per heavy atom. The van der Waals surface area contributed by atoms with E-state index in [1.54, 1.807) is 0 Å². The highest BCUT2D eigenvalue weighted by Crippen LogP contribution is 2.27. The standard InChI is InChI=1S/2C14H16N2.CH2O/c2*1-9-3-11(7-13(15)5-9)12-4-10(2)6-14(16)8-12;1-2/h2*3-8H,15-16H2,1-2H3;1H2. The summed E-state index contributed by atoms with van der Waals surface area (Å²) >= 11 is 0. The number of carbonyl (C=O) groups excluding carboxylic acids is 1. The molecule has 0 aliphatic rings. The third-order valence-corrected chi connectivity index (χ3v) is 5.07. The van der Waals surface area contributed by atoms with Crippen molar-refractivity contribution in [1.82, 2.24) is 0 Å². The lowest BCUT2D eigenvalue weighted by Crippen LogP contribution is -1.90. The van der Waals surface area contributed by atoms with Crippen LogP contribution in [0.2, 0.25) is 0 Å². The third-order valence-electron chi connectivity index (χ3n) is 5.07. The molecule has 4 rings (SSSR count). The quantitative estimate of drug-likeness (QED) is 0.273. The predicted molar refractivity (Wildman–Crippen MR) is 147 cm³/mol. The van der Waals surface area contributed by atoms with Gasteiger partial charge in [0, 0.05) is 22.7 Å². The molecular formula is C29H34N4O. The number of hydrogen-bond acceptors (Lipinski definition) is 5. The van der Waals surface area contributed by atoms with Crippen molar-refractivity contribution in [2.24, 2.45) is 0 Å². The summed E-state index contributed by atoms with van der Waals surface area (Å²) in [6.07, 6.45) is 0. The van der Waals surface area contributed by atoms with E-state index in [0.717, 1.165) is 67.3 Å². The van der Waals surface area contributed by atoms with Gasteiger partial charge >= 0.3 is 0 Å². The molecule has 5 heteroatoms. The van der Waals surface area contributed by atoms with Crippen molar-refractivity contribution in [3.05, 3.63) is 95.1 Å². The molecule has 0 unspecified atom stereocenters. The van der Waals surface area contributed by atoms with Gasteiger partial charge < -0.3 is 27.7 Å². The number of anilines is 4.